The number of ether oxygens (including phenoxy) is 2. The molecule has 0 heterocycles. The van der Waals surface area contributed by atoms with Crippen LogP contribution >= 0.6 is 36.4 Å². The van der Waals surface area contributed by atoms with E-state index in [1.54, 1.807) is 19.2 Å². The van der Waals surface area contributed by atoms with Crippen LogP contribution in [0.4, 0.5) is 4.39 Å². The number of hydrogen-bond acceptors (Lipinski definition) is 4. The third-order valence-corrected chi connectivity index (χ3v) is 4.84. The minimum Gasteiger partial charge on any atom is -0.493 e. The number of likely N-dealkylation sites (N-methyl/N-ethyl adjacent to an activating group) is 1. The van der Waals surface area contributed by atoms with Crippen molar-refractivity contribution in [3.05, 3.63) is 58.4 Å². The second-order valence-corrected chi connectivity index (χ2v) is 6.58. The number of rotatable bonds is 11. The van der Waals surface area contributed by atoms with Crippen molar-refractivity contribution in [3.63, 3.8) is 0 Å². The second kappa shape index (κ2) is 14.7. The Balaban J connectivity index is 0.00000392. The Labute approximate surface area is 190 Å². The van der Waals surface area contributed by atoms with E-state index >= 15 is 0 Å². The Kier molecular flexibility index (Phi) is 14.1. The van der Waals surface area contributed by atoms with Gasteiger partial charge in [-0.2, -0.15) is 0 Å². The summed E-state index contributed by atoms with van der Waals surface area (Å²) in [5.41, 5.74) is 1.44. The van der Waals surface area contributed by atoms with Crippen LogP contribution in [0.15, 0.2) is 36.4 Å². The lowest BCUT2D eigenvalue weighted by Crippen LogP contribution is -2.31. The molecule has 0 aliphatic rings. The van der Waals surface area contributed by atoms with Crippen molar-refractivity contribution in [3.8, 4) is 11.5 Å². The number of hydrogen-bond donors (Lipinski definition) is 1. The van der Waals surface area contributed by atoms with Gasteiger partial charge in [-0.3, -0.25) is 0 Å². The predicted molar refractivity (Wildman–Crippen MR) is 123 cm³/mol. The first kappa shape index (κ1) is 27.8. The number of nitrogens with zero attached hydrogens (tertiary/aromatic N) is 1. The fourth-order valence-corrected chi connectivity index (χ4v) is 2.99. The standard InChI is InChI=1S/C21H28ClFN2O2.2ClH/c1-4-25(5-2)12-11-24-14-16-9-10-20(21(13-16)26-3)27-15-17-18(22)7-6-8-19(17)23;;/h6-10,13,24H,4-5,11-12,14-15H2,1-3H3;2*1H. The van der Waals surface area contributed by atoms with Crippen LogP contribution in [0.1, 0.15) is 25.0 Å². The van der Waals surface area contributed by atoms with Gasteiger partial charge < -0.3 is 19.7 Å². The highest BCUT2D eigenvalue weighted by Gasteiger charge is 2.11. The zero-order valence-corrected chi connectivity index (χ0v) is 19.4. The summed E-state index contributed by atoms with van der Waals surface area (Å²) in [6.45, 7) is 9.19. The SMILES string of the molecule is CCN(CC)CCNCc1ccc(OCc2c(F)cccc2Cl)c(OC)c1.Cl.Cl. The van der Waals surface area contributed by atoms with Crippen LogP contribution in [0.2, 0.25) is 5.02 Å². The summed E-state index contributed by atoms with van der Waals surface area (Å²) in [6, 6.07) is 10.3. The largest absolute Gasteiger partial charge is 0.493 e. The average molecular weight is 468 g/mol. The van der Waals surface area contributed by atoms with Gasteiger partial charge in [0.05, 0.1) is 12.1 Å². The van der Waals surface area contributed by atoms with Gasteiger partial charge in [0.15, 0.2) is 11.5 Å². The molecule has 2 rings (SSSR count). The van der Waals surface area contributed by atoms with Gasteiger partial charge in [0, 0.05) is 25.2 Å². The lowest BCUT2D eigenvalue weighted by molar-refractivity contribution is 0.279. The van der Waals surface area contributed by atoms with E-state index in [0.29, 0.717) is 22.1 Å². The minimum atomic E-state index is -0.379. The van der Waals surface area contributed by atoms with Gasteiger partial charge in [0.1, 0.15) is 12.4 Å². The molecule has 0 unspecified atom stereocenters. The van der Waals surface area contributed by atoms with Crippen molar-refractivity contribution in [1.82, 2.24) is 10.2 Å². The van der Waals surface area contributed by atoms with Crippen LogP contribution in [0.25, 0.3) is 0 Å². The Morgan fingerprint density at radius 3 is 2.41 bits per heavy atom. The Hall–Kier alpha value is -1.24. The third-order valence-electron chi connectivity index (χ3n) is 4.49. The van der Waals surface area contributed by atoms with Crippen LogP contribution in [0.3, 0.4) is 0 Å². The Morgan fingerprint density at radius 2 is 1.79 bits per heavy atom. The molecule has 0 atom stereocenters. The second-order valence-electron chi connectivity index (χ2n) is 6.18. The molecule has 0 radical (unpaired) electrons. The third kappa shape index (κ3) is 8.57. The normalized spacial score (nSPS) is 10.3. The minimum absolute atomic E-state index is 0. The summed E-state index contributed by atoms with van der Waals surface area (Å²) >= 11 is 6.05. The molecule has 0 aromatic heterocycles. The van der Waals surface area contributed by atoms with Crippen LogP contribution in [-0.2, 0) is 13.2 Å². The molecule has 0 aliphatic carbocycles. The smallest absolute Gasteiger partial charge is 0.161 e. The topological polar surface area (TPSA) is 33.7 Å². The highest BCUT2D eigenvalue weighted by Crippen LogP contribution is 2.30. The summed E-state index contributed by atoms with van der Waals surface area (Å²) in [7, 11) is 1.59. The van der Waals surface area contributed by atoms with E-state index in [1.807, 2.05) is 18.2 Å². The van der Waals surface area contributed by atoms with Crippen LogP contribution in [0.5, 0.6) is 11.5 Å². The fourth-order valence-electron chi connectivity index (χ4n) is 2.77. The Bertz CT molecular complexity index is 711. The molecule has 2 aromatic carbocycles. The van der Waals surface area contributed by atoms with Gasteiger partial charge in [-0.25, -0.2) is 4.39 Å². The van der Waals surface area contributed by atoms with Crippen molar-refractivity contribution in [2.75, 3.05) is 33.3 Å². The van der Waals surface area contributed by atoms with Gasteiger partial charge in [-0.15, -0.1) is 24.8 Å². The van der Waals surface area contributed by atoms with E-state index in [2.05, 4.69) is 24.1 Å². The van der Waals surface area contributed by atoms with Crippen molar-refractivity contribution in [2.24, 2.45) is 0 Å². The summed E-state index contributed by atoms with van der Waals surface area (Å²) in [5, 5.41) is 3.79. The van der Waals surface area contributed by atoms with E-state index in [-0.39, 0.29) is 37.2 Å². The zero-order chi connectivity index (χ0) is 19.6. The molecule has 0 spiro atoms. The lowest BCUT2D eigenvalue weighted by Gasteiger charge is -2.18. The summed E-state index contributed by atoms with van der Waals surface area (Å²) in [5.74, 6) is 0.796. The van der Waals surface area contributed by atoms with Crippen molar-refractivity contribution in [1.29, 1.82) is 0 Å². The van der Waals surface area contributed by atoms with E-state index in [9.17, 15) is 4.39 Å². The molecule has 0 saturated carbocycles. The summed E-state index contributed by atoms with van der Waals surface area (Å²) < 4.78 is 25.0. The molecule has 2 aromatic rings. The van der Waals surface area contributed by atoms with E-state index in [0.717, 1.165) is 38.3 Å². The van der Waals surface area contributed by atoms with E-state index in [1.165, 1.54) is 6.07 Å². The molecule has 29 heavy (non-hydrogen) atoms. The van der Waals surface area contributed by atoms with Gasteiger partial charge in [0.2, 0.25) is 0 Å². The maximum Gasteiger partial charge on any atom is 0.161 e. The van der Waals surface area contributed by atoms with Gasteiger partial charge in [0.25, 0.3) is 0 Å². The molecule has 0 fully saturated rings. The maximum absolute atomic E-state index is 13.9. The molecule has 0 saturated heterocycles. The highest BCUT2D eigenvalue weighted by atomic mass is 35.5. The Morgan fingerprint density at radius 1 is 1.07 bits per heavy atom. The molecule has 164 valence electrons. The number of halogens is 4. The van der Waals surface area contributed by atoms with Gasteiger partial charge >= 0.3 is 0 Å². The highest BCUT2D eigenvalue weighted by molar-refractivity contribution is 6.31. The van der Waals surface area contributed by atoms with E-state index in [4.69, 9.17) is 21.1 Å². The number of methoxy groups -OCH3 is 1. The monoisotopic (exact) mass is 466 g/mol. The molecular formula is C21H30Cl3FN2O2. The first-order valence-electron chi connectivity index (χ1n) is 9.24. The first-order chi connectivity index (χ1) is 13.1. The quantitative estimate of drug-likeness (QED) is 0.452. The lowest BCUT2D eigenvalue weighted by atomic mass is 10.2. The molecule has 0 amide bonds. The molecule has 0 aliphatic heterocycles. The van der Waals surface area contributed by atoms with Crippen molar-refractivity contribution < 1.29 is 13.9 Å². The van der Waals surface area contributed by atoms with Gasteiger partial charge in [-0.05, 0) is 42.9 Å². The van der Waals surface area contributed by atoms with Crippen LogP contribution in [-0.4, -0.2) is 38.2 Å². The predicted octanol–water partition coefficient (Wildman–Crippen LogP) is 5.34. The molecule has 8 heteroatoms. The number of nitrogens with one attached hydrogen (secondary N) is 1. The maximum atomic E-state index is 13.9. The van der Waals surface area contributed by atoms with Crippen molar-refractivity contribution in [2.45, 2.75) is 27.0 Å². The summed E-state index contributed by atoms with van der Waals surface area (Å²) in [6.07, 6.45) is 0. The first-order valence-corrected chi connectivity index (χ1v) is 9.62. The van der Waals surface area contributed by atoms with Crippen LogP contribution < -0.4 is 14.8 Å². The number of benzene rings is 2. The van der Waals surface area contributed by atoms with E-state index < -0.39 is 0 Å². The molecule has 0 bridgehead atoms. The molecule has 1 N–H and O–H groups in total. The summed E-state index contributed by atoms with van der Waals surface area (Å²) in [4.78, 5) is 2.37. The zero-order valence-electron chi connectivity index (χ0n) is 17.0. The molecular weight excluding hydrogens is 438 g/mol. The fraction of sp³-hybridized carbons (Fsp3) is 0.429. The average Bonchev–Trinajstić information content (AvgIpc) is 2.68. The van der Waals surface area contributed by atoms with Crippen LogP contribution in [0, 0.1) is 5.82 Å². The van der Waals surface area contributed by atoms with Crippen molar-refractivity contribution >= 4 is 36.4 Å². The molecule has 4 nitrogen and oxygen atoms in total. The van der Waals surface area contributed by atoms with Gasteiger partial charge in [-0.1, -0.05) is 37.6 Å².